The van der Waals surface area contributed by atoms with Crippen molar-refractivity contribution >= 4 is 11.7 Å². The van der Waals surface area contributed by atoms with E-state index in [4.69, 9.17) is 24.0 Å². The summed E-state index contributed by atoms with van der Waals surface area (Å²) in [5, 5.41) is 5.84. The Hall–Kier alpha value is -1.71. The second-order valence-corrected chi connectivity index (χ2v) is 11.2. The zero-order chi connectivity index (χ0) is 24.8. The van der Waals surface area contributed by atoms with Crippen LogP contribution in [0.1, 0.15) is 64.0 Å². The predicted molar refractivity (Wildman–Crippen MR) is 130 cm³/mol. The third-order valence-corrected chi connectivity index (χ3v) is 8.63. The quantitative estimate of drug-likeness (QED) is 0.431. The van der Waals surface area contributed by atoms with Gasteiger partial charge in [0, 0.05) is 30.5 Å². The van der Waals surface area contributed by atoms with Crippen molar-refractivity contribution in [1.29, 1.82) is 0 Å². The molecule has 4 aliphatic heterocycles. The Balaban J connectivity index is 1.14. The molecule has 1 aliphatic carbocycles. The zero-order valence-electron chi connectivity index (χ0n) is 21.6. The van der Waals surface area contributed by atoms with Gasteiger partial charge >= 0.3 is 6.03 Å². The first kappa shape index (κ1) is 25.0. The van der Waals surface area contributed by atoms with Crippen LogP contribution in [0, 0.1) is 37.5 Å². The number of hydrogen-bond acceptors (Lipinski definition) is 6. The smallest absolute Gasteiger partial charge is 0.319 e. The van der Waals surface area contributed by atoms with Crippen LogP contribution in [0.25, 0.3) is 0 Å². The summed E-state index contributed by atoms with van der Waals surface area (Å²) in [7, 11) is 0. The van der Waals surface area contributed by atoms with Crippen molar-refractivity contribution in [3.63, 3.8) is 0 Å². The van der Waals surface area contributed by atoms with Gasteiger partial charge in [0.15, 0.2) is 18.2 Å². The van der Waals surface area contributed by atoms with Crippen LogP contribution in [-0.4, -0.2) is 43.2 Å². The molecule has 0 radical (unpaired) electrons. The van der Waals surface area contributed by atoms with Gasteiger partial charge < -0.3 is 24.8 Å². The monoisotopic (exact) mass is 488 g/mol. The van der Waals surface area contributed by atoms with Crippen molar-refractivity contribution in [2.45, 2.75) is 90.7 Å². The highest BCUT2D eigenvalue weighted by Gasteiger charge is 2.69. The van der Waals surface area contributed by atoms with Crippen LogP contribution in [0.5, 0.6) is 0 Å². The number of nitrogens with one attached hydrogen (secondary N) is 2. The number of urea groups is 1. The Labute approximate surface area is 208 Å². The molecule has 8 atom stereocenters. The van der Waals surface area contributed by atoms with Crippen molar-refractivity contribution in [2.24, 2.45) is 23.7 Å². The molecule has 6 rings (SSSR count). The fraction of sp³-hybridized carbons (Fsp3) is 0.741. The van der Waals surface area contributed by atoms with Gasteiger partial charge in [0.1, 0.15) is 0 Å². The molecule has 5 fully saturated rings. The number of anilines is 1. The summed E-state index contributed by atoms with van der Waals surface area (Å²) in [5.74, 6) is 0.498. The third-order valence-electron chi connectivity index (χ3n) is 8.63. The number of carbonyl (C=O) groups excluding carboxylic acids is 1. The first-order chi connectivity index (χ1) is 16.7. The molecule has 194 valence electrons. The standard InChI is InChI=1S/C27H40N2O6/c1-16-7-8-18(3)22(15-16)29-25(30)28-13-6-14-31-23-19(4)21-10-9-17(2)20-11-12-26(5)33-24(32-23)27(20,21)35-34-26/h7-8,15,17,19-21,23-24H,6,9-14H2,1-5H3,(H2,28,29,30)/t17-,19-,20+,21+,23+,24-,26+,27-/m1/s1. The number of carbonyl (C=O) groups is 1. The molecule has 2 bridgehead atoms. The average molecular weight is 489 g/mol. The summed E-state index contributed by atoms with van der Waals surface area (Å²) in [6.07, 6.45) is 3.84. The van der Waals surface area contributed by atoms with Gasteiger partial charge in [-0.3, -0.25) is 0 Å². The minimum atomic E-state index is -0.782. The number of benzene rings is 1. The minimum absolute atomic E-state index is 0.149. The lowest BCUT2D eigenvalue weighted by Gasteiger charge is -2.60. The van der Waals surface area contributed by atoms with E-state index in [9.17, 15) is 4.79 Å². The topological polar surface area (TPSA) is 87.3 Å². The number of ether oxygens (including phenoxy) is 3. The molecule has 1 spiro atoms. The van der Waals surface area contributed by atoms with Crippen molar-refractivity contribution in [2.75, 3.05) is 18.5 Å². The van der Waals surface area contributed by atoms with Crippen LogP contribution < -0.4 is 10.6 Å². The third kappa shape index (κ3) is 4.60. The second-order valence-electron chi connectivity index (χ2n) is 11.2. The van der Waals surface area contributed by atoms with E-state index in [0.29, 0.717) is 31.4 Å². The summed E-state index contributed by atoms with van der Waals surface area (Å²) < 4.78 is 19.0. The van der Waals surface area contributed by atoms with Crippen molar-refractivity contribution in [3.8, 4) is 0 Å². The number of rotatable bonds is 6. The summed E-state index contributed by atoms with van der Waals surface area (Å²) in [6, 6.07) is 5.80. The normalized spacial score (nSPS) is 40.0. The molecule has 5 aliphatic rings. The Morgan fingerprint density at radius 3 is 2.80 bits per heavy atom. The molecule has 1 aromatic carbocycles. The maximum absolute atomic E-state index is 12.3. The summed E-state index contributed by atoms with van der Waals surface area (Å²) >= 11 is 0. The molecule has 2 amide bonds. The Kier molecular flexibility index (Phi) is 6.87. The Morgan fingerprint density at radius 2 is 1.97 bits per heavy atom. The van der Waals surface area contributed by atoms with Crippen LogP contribution in [0.4, 0.5) is 10.5 Å². The summed E-state index contributed by atoms with van der Waals surface area (Å²) in [6.45, 7) is 11.4. The number of fused-ring (bicyclic) bond motifs is 2. The van der Waals surface area contributed by atoms with Crippen LogP contribution in [0.3, 0.4) is 0 Å². The largest absolute Gasteiger partial charge is 0.352 e. The minimum Gasteiger partial charge on any atom is -0.352 e. The van der Waals surface area contributed by atoms with Gasteiger partial charge in [-0.25, -0.2) is 14.6 Å². The van der Waals surface area contributed by atoms with E-state index in [-0.39, 0.29) is 24.2 Å². The molecule has 4 saturated heterocycles. The van der Waals surface area contributed by atoms with Gasteiger partial charge in [-0.1, -0.05) is 26.0 Å². The van der Waals surface area contributed by atoms with Gasteiger partial charge in [-0.05, 0) is 75.5 Å². The van der Waals surface area contributed by atoms with E-state index in [1.807, 2.05) is 39.0 Å². The Bertz CT molecular complexity index is 942. The van der Waals surface area contributed by atoms with E-state index >= 15 is 0 Å². The number of aryl methyl sites for hydroxylation is 2. The number of hydrogen-bond donors (Lipinski definition) is 2. The molecule has 8 nitrogen and oxygen atoms in total. The molecule has 0 aromatic heterocycles. The molecule has 1 aromatic rings. The van der Waals surface area contributed by atoms with Crippen LogP contribution in [0.15, 0.2) is 18.2 Å². The molecule has 1 saturated carbocycles. The number of amides is 2. The molecule has 2 N–H and O–H groups in total. The molecule has 4 heterocycles. The predicted octanol–water partition coefficient (Wildman–Crippen LogP) is 5.04. The summed E-state index contributed by atoms with van der Waals surface area (Å²) in [5.41, 5.74) is 2.40. The molecular weight excluding hydrogens is 448 g/mol. The van der Waals surface area contributed by atoms with Crippen LogP contribution in [0.2, 0.25) is 0 Å². The van der Waals surface area contributed by atoms with E-state index in [2.05, 4.69) is 24.5 Å². The molecule has 8 heteroatoms. The lowest BCUT2D eigenvalue weighted by molar-refractivity contribution is -0.577. The lowest BCUT2D eigenvalue weighted by atomic mass is 9.58. The van der Waals surface area contributed by atoms with Gasteiger partial charge in [-0.15, -0.1) is 0 Å². The fourth-order valence-electron chi connectivity index (χ4n) is 6.57. The molecular formula is C27H40N2O6. The lowest BCUT2D eigenvalue weighted by Crippen LogP contribution is -2.70. The van der Waals surface area contributed by atoms with Crippen LogP contribution >= 0.6 is 0 Å². The van der Waals surface area contributed by atoms with E-state index in [1.54, 1.807) is 0 Å². The van der Waals surface area contributed by atoms with E-state index in [0.717, 1.165) is 36.1 Å². The first-order valence-corrected chi connectivity index (χ1v) is 13.2. The summed E-state index contributed by atoms with van der Waals surface area (Å²) in [4.78, 5) is 24.3. The average Bonchev–Trinajstić information content (AvgIpc) is 3.05. The van der Waals surface area contributed by atoms with E-state index in [1.165, 1.54) is 6.42 Å². The highest BCUT2D eigenvalue weighted by atomic mass is 17.3. The fourth-order valence-corrected chi connectivity index (χ4v) is 6.57. The van der Waals surface area contributed by atoms with Gasteiger partial charge in [0.25, 0.3) is 0 Å². The Morgan fingerprint density at radius 1 is 1.14 bits per heavy atom. The van der Waals surface area contributed by atoms with Crippen molar-refractivity contribution < 1.29 is 28.8 Å². The van der Waals surface area contributed by atoms with Crippen LogP contribution in [-0.2, 0) is 24.0 Å². The zero-order valence-corrected chi connectivity index (χ0v) is 21.6. The van der Waals surface area contributed by atoms with Gasteiger partial charge in [-0.2, -0.15) is 0 Å². The van der Waals surface area contributed by atoms with Crippen molar-refractivity contribution in [3.05, 3.63) is 29.3 Å². The maximum Gasteiger partial charge on any atom is 0.319 e. The molecule has 35 heavy (non-hydrogen) atoms. The highest BCUT2D eigenvalue weighted by Crippen LogP contribution is 2.60. The SMILES string of the molecule is Cc1ccc(C)c(NC(=O)NCCCO[C@H]2O[C@@H]3O[C@]4(C)CC[C@H]5[C@H](C)CC[C@@H]([C@H]2C)[C@@]35OO4)c1. The maximum atomic E-state index is 12.3. The first-order valence-electron chi connectivity index (χ1n) is 13.2. The van der Waals surface area contributed by atoms with Crippen molar-refractivity contribution in [1.82, 2.24) is 5.32 Å². The van der Waals surface area contributed by atoms with Gasteiger partial charge in [0.2, 0.25) is 5.79 Å². The second kappa shape index (κ2) is 9.63. The molecule has 0 unspecified atom stereocenters. The highest BCUT2D eigenvalue weighted by molar-refractivity contribution is 5.90. The van der Waals surface area contributed by atoms with E-state index < -0.39 is 17.7 Å². The van der Waals surface area contributed by atoms with Gasteiger partial charge in [0.05, 0.1) is 6.61 Å².